The van der Waals surface area contributed by atoms with Gasteiger partial charge in [-0.1, -0.05) is 23.8 Å². The van der Waals surface area contributed by atoms with Crippen LogP contribution in [-0.2, 0) is 4.79 Å². The number of benzene rings is 2. The number of likely N-dealkylation sites (tertiary alicyclic amines) is 1. The van der Waals surface area contributed by atoms with Crippen LogP contribution in [0, 0.1) is 19.8 Å². The quantitative estimate of drug-likeness (QED) is 0.670. The van der Waals surface area contributed by atoms with Crippen molar-refractivity contribution in [1.29, 1.82) is 0 Å². The molecule has 0 aromatic heterocycles. The molecule has 0 bridgehead atoms. The van der Waals surface area contributed by atoms with Gasteiger partial charge in [0, 0.05) is 36.9 Å². The van der Waals surface area contributed by atoms with Crippen LogP contribution in [0.15, 0.2) is 42.5 Å². The molecule has 33 heavy (non-hydrogen) atoms. The zero-order valence-electron chi connectivity index (χ0n) is 19.6. The number of piperidine rings is 2. The Labute approximate surface area is 194 Å². The number of anilines is 1. The zero-order chi connectivity index (χ0) is 23.7. The van der Waals surface area contributed by atoms with Crippen molar-refractivity contribution in [3.05, 3.63) is 64.7 Å². The summed E-state index contributed by atoms with van der Waals surface area (Å²) in [4.78, 5) is 40.2. The third-order valence-electron chi connectivity index (χ3n) is 7.00. The van der Waals surface area contributed by atoms with Crippen molar-refractivity contribution >= 4 is 23.5 Å². The monoisotopic (exact) mass is 448 g/mol. The summed E-state index contributed by atoms with van der Waals surface area (Å²) >= 11 is 0. The van der Waals surface area contributed by atoms with Gasteiger partial charge in [0.2, 0.25) is 5.91 Å². The normalized spacial score (nSPS) is 24.7. The molecule has 2 aromatic rings. The second-order valence-corrected chi connectivity index (χ2v) is 9.46. The molecule has 7 heteroatoms. The summed E-state index contributed by atoms with van der Waals surface area (Å²) in [5.74, 6) is -0.307. The SMILES string of the molecule is Cc1ccc(NC(=O)NC(=O)c2ccc(C)c(C3CC4CNC(C)CC4N(C)C3=O)c2)cc1. The van der Waals surface area contributed by atoms with E-state index < -0.39 is 11.9 Å². The number of fused-ring (bicyclic) bond motifs is 1. The first-order valence-corrected chi connectivity index (χ1v) is 11.5. The molecule has 3 N–H and O–H groups in total. The average molecular weight is 449 g/mol. The minimum Gasteiger partial charge on any atom is -0.342 e. The van der Waals surface area contributed by atoms with Crippen molar-refractivity contribution in [2.75, 3.05) is 18.9 Å². The van der Waals surface area contributed by atoms with Gasteiger partial charge in [0.15, 0.2) is 0 Å². The van der Waals surface area contributed by atoms with Gasteiger partial charge in [0.25, 0.3) is 5.91 Å². The zero-order valence-corrected chi connectivity index (χ0v) is 19.6. The summed E-state index contributed by atoms with van der Waals surface area (Å²) in [6, 6.07) is 12.7. The highest BCUT2D eigenvalue weighted by molar-refractivity contribution is 6.08. The second kappa shape index (κ2) is 9.35. The molecule has 2 aliphatic rings. The van der Waals surface area contributed by atoms with Crippen LogP contribution >= 0.6 is 0 Å². The van der Waals surface area contributed by atoms with E-state index in [-0.39, 0.29) is 17.9 Å². The molecule has 2 heterocycles. The Morgan fingerprint density at radius 1 is 1.06 bits per heavy atom. The molecule has 2 aromatic carbocycles. The van der Waals surface area contributed by atoms with E-state index in [0.29, 0.717) is 23.2 Å². The number of aryl methyl sites for hydroxylation is 2. The van der Waals surface area contributed by atoms with E-state index in [1.165, 1.54) is 0 Å². The second-order valence-electron chi connectivity index (χ2n) is 9.46. The Morgan fingerprint density at radius 3 is 2.52 bits per heavy atom. The van der Waals surface area contributed by atoms with Crippen LogP contribution in [0.25, 0.3) is 0 Å². The molecule has 2 saturated heterocycles. The van der Waals surface area contributed by atoms with Crippen LogP contribution < -0.4 is 16.0 Å². The van der Waals surface area contributed by atoms with E-state index in [1.807, 2.05) is 44.0 Å². The molecule has 4 atom stereocenters. The number of urea groups is 1. The predicted octanol–water partition coefficient (Wildman–Crippen LogP) is 3.58. The fourth-order valence-electron chi connectivity index (χ4n) is 5.05. The summed E-state index contributed by atoms with van der Waals surface area (Å²) in [5.41, 5.74) is 3.88. The molecule has 7 nitrogen and oxygen atoms in total. The smallest absolute Gasteiger partial charge is 0.326 e. The molecule has 174 valence electrons. The average Bonchev–Trinajstić information content (AvgIpc) is 2.78. The van der Waals surface area contributed by atoms with Crippen molar-refractivity contribution in [1.82, 2.24) is 15.5 Å². The molecule has 0 saturated carbocycles. The number of nitrogens with zero attached hydrogens (tertiary/aromatic N) is 1. The maximum Gasteiger partial charge on any atom is 0.326 e. The largest absolute Gasteiger partial charge is 0.342 e. The molecule has 0 spiro atoms. The summed E-state index contributed by atoms with van der Waals surface area (Å²) in [7, 11) is 1.89. The summed E-state index contributed by atoms with van der Waals surface area (Å²) in [5, 5.41) is 8.58. The lowest BCUT2D eigenvalue weighted by atomic mass is 9.75. The Balaban J connectivity index is 1.49. The molecule has 2 fully saturated rings. The topological polar surface area (TPSA) is 90.5 Å². The van der Waals surface area contributed by atoms with Crippen molar-refractivity contribution in [2.45, 2.75) is 51.6 Å². The third kappa shape index (κ3) is 4.93. The van der Waals surface area contributed by atoms with Crippen LogP contribution in [0.3, 0.4) is 0 Å². The fraction of sp³-hybridized carbons (Fsp3) is 0.423. The maximum absolute atomic E-state index is 13.3. The molecule has 2 aliphatic heterocycles. The van der Waals surface area contributed by atoms with Gasteiger partial charge in [-0.2, -0.15) is 0 Å². The third-order valence-corrected chi connectivity index (χ3v) is 7.00. The Hall–Kier alpha value is -3.19. The number of likely N-dealkylation sites (N-methyl/N-ethyl adjacent to an activating group) is 1. The van der Waals surface area contributed by atoms with Gasteiger partial charge in [-0.3, -0.25) is 14.9 Å². The number of carbonyl (C=O) groups excluding carboxylic acids is 3. The highest BCUT2D eigenvalue weighted by Crippen LogP contribution is 2.38. The number of imide groups is 1. The minimum atomic E-state index is -0.593. The Bertz CT molecular complexity index is 1070. The van der Waals surface area contributed by atoms with Gasteiger partial charge in [-0.25, -0.2) is 4.79 Å². The van der Waals surface area contributed by atoms with Gasteiger partial charge in [-0.05, 0) is 74.9 Å². The molecular weight excluding hydrogens is 416 g/mol. The molecular formula is C26H32N4O3. The van der Waals surface area contributed by atoms with E-state index in [9.17, 15) is 14.4 Å². The molecule has 0 aliphatic carbocycles. The van der Waals surface area contributed by atoms with E-state index in [4.69, 9.17) is 0 Å². The number of nitrogens with one attached hydrogen (secondary N) is 3. The molecule has 0 radical (unpaired) electrons. The fourth-order valence-corrected chi connectivity index (χ4v) is 5.05. The molecule has 4 rings (SSSR count). The first-order valence-electron chi connectivity index (χ1n) is 11.5. The van der Waals surface area contributed by atoms with Crippen LogP contribution in [0.1, 0.15) is 52.7 Å². The standard InChI is InChI=1S/C26H32N4O3/c1-15-5-9-20(10-6-15)28-26(33)29-24(31)18-8-7-16(2)21(12-18)22-13-19-14-27-17(3)11-23(19)30(4)25(22)32/h5-10,12,17,19,22-23,27H,11,13-14H2,1-4H3,(H2,28,29,31,33). The highest BCUT2D eigenvalue weighted by Gasteiger charge is 2.43. The van der Waals surface area contributed by atoms with E-state index in [0.717, 1.165) is 36.1 Å². The first-order chi connectivity index (χ1) is 15.7. The summed E-state index contributed by atoms with van der Waals surface area (Å²) in [6.45, 7) is 6.96. The minimum absolute atomic E-state index is 0.100. The highest BCUT2D eigenvalue weighted by atomic mass is 16.2. The number of hydrogen-bond acceptors (Lipinski definition) is 4. The van der Waals surface area contributed by atoms with Crippen LogP contribution in [-0.4, -0.2) is 48.4 Å². The van der Waals surface area contributed by atoms with Crippen molar-refractivity contribution in [2.24, 2.45) is 5.92 Å². The summed E-state index contributed by atoms with van der Waals surface area (Å²) in [6.07, 6.45) is 1.71. The molecule has 4 amide bonds. The molecule has 4 unspecified atom stereocenters. The first kappa shape index (κ1) is 23.0. The number of carbonyl (C=O) groups is 3. The van der Waals surface area contributed by atoms with Gasteiger partial charge < -0.3 is 15.5 Å². The lowest BCUT2D eigenvalue weighted by Gasteiger charge is -2.47. The van der Waals surface area contributed by atoms with Crippen LogP contribution in [0.5, 0.6) is 0 Å². The predicted molar refractivity (Wildman–Crippen MR) is 128 cm³/mol. The van der Waals surface area contributed by atoms with Gasteiger partial charge in [0.1, 0.15) is 0 Å². The van der Waals surface area contributed by atoms with E-state index in [2.05, 4.69) is 22.9 Å². The van der Waals surface area contributed by atoms with Crippen LogP contribution in [0.2, 0.25) is 0 Å². The maximum atomic E-state index is 13.3. The van der Waals surface area contributed by atoms with Crippen molar-refractivity contribution in [3.8, 4) is 0 Å². The van der Waals surface area contributed by atoms with Gasteiger partial charge >= 0.3 is 6.03 Å². The van der Waals surface area contributed by atoms with E-state index >= 15 is 0 Å². The van der Waals surface area contributed by atoms with Crippen molar-refractivity contribution < 1.29 is 14.4 Å². The van der Waals surface area contributed by atoms with Crippen molar-refractivity contribution in [3.63, 3.8) is 0 Å². The number of rotatable bonds is 3. The van der Waals surface area contributed by atoms with Gasteiger partial charge in [0.05, 0.1) is 5.92 Å². The lowest BCUT2D eigenvalue weighted by molar-refractivity contribution is -0.140. The Kier molecular flexibility index (Phi) is 6.51. The van der Waals surface area contributed by atoms with E-state index in [1.54, 1.807) is 24.3 Å². The summed E-state index contributed by atoms with van der Waals surface area (Å²) < 4.78 is 0. The number of amides is 4. The number of hydrogen-bond donors (Lipinski definition) is 3. The Morgan fingerprint density at radius 2 is 1.79 bits per heavy atom. The lowest BCUT2D eigenvalue weighted by Crippen LogP contribution is -2.57. The van der Waals surface area contributed by atoms with Gasteiger partial charge in [-0.15, -0.1) is 0 Å². The van der Waals surface area contributed by atoms with Crippen LogP contribution in [0.4, 0.5) is 10.5 Å².